The summed E-state index contributed by atoms with van der Waals surface area (Å²) in [7, 11) is 0. The molecule has 1 heterocycles. The van der Waals surface area contributed by atoms with Gasteiger partial charge in [-0.3, -0.25) is 4.79 Å². The van der Waals surface area contributed by atoms with Gasteiger partial charge in [0.25, 0.3) is 5.91 Å². The van der Waals surface area contributed by atoms with Crippen LogP contribution < -0.4 is 5.32 Å². The smallest absolute Gasteiger partial charge is 0.252 e. The molecule has 17 heavy (non-hydrogen) atoms. The summed E-state index contributed by atoms with van der Waals surface area (Å²) in [6, 6.07) is 4.52. The predicted octanol–water partition coefficient (Wildman–Crippen LogP) is 3.06. The van der Waals surface area contributed by atoms with Gasteiger partial charge in [-0.25, -0.2) is 4.39 Å². The quantitative estimate of drug-likeness (QED) is 0.817. The molecule has 2 rings (SSSR count). The van der Waals surface area contributed by atoms with Gasteiger partial charge in [0.1, 0.15) is 5.82 Å². The minimum absolute atomic E-state index is 0.0914. The first-order chi connectivity index (χ1) is 8.16. The second kappa shape index (κ2) is 6.04. The molecule has 0 aromatic heterocycles. The molecule has 0 spiro atoms. The Labute approximate surface area is 118 Å². The highest BCUT2D eigenvalue weighted by Crippen LogP contribution is 2.18. The van der Waals surface area contributed by atoms with Crippen LogP contribution in [0.5, 0.6) is 0 Å². The van der Waals surface area contributed by atoms with E-state index in [1.165, 1.54) is 12.1 Å². The monoisotopic (exact) mass is 365 g/mol. The molecule has 92 valence electrons. The van der Waals surface area contributed by atoms with Gasteiger partial charge in [0.05, 0.1) is 5.56 Å². The molecule has 0 bridgehead atoms. The van der Waals surface area contributed by atoms with E-state index in [0.29, 0.717) is 9.13 Å². The number of benzene rings is 1. The fraction of sp³-hybridized carbons (Fsp3) is 0.417. The second-order valence-electron chi connectivity index (χ2n) is 3.98. The van der Waals surface area contributed by atoms with Crippen LogP contribution in [-0.4, -0.2) is 23.5 Å². The standard InChI is InChI=1S/C12H13FINOS/c13-8-1-2-10(11(14)7-8)12(16)15-9-3-5-17-6-4-9/h1-2,7,9H,3-6H2,(H,15,16). The third kappa shape index (κ3) is 3.58. The van der Waals surface area contributed by atoms with Crippen LogP contribution in [0.3, 0.4) is 0 Å². The van der Waals surface area contributed by atoms with Crippen molar-refractivity contribution in [2.75, 3.05) is 11.5 Å². The number of thioether (sulfide) groups is 1. The highest BCUT2D eigenvalue weighted by Gasteiger charge is 2.18. The van der Waals surface area contributed by atoms with Gasteiger partial charge in [0, 0.05) is 9.61 Å². The van der Waals surface area contributed by atoms with E-state index in [2.05, 4.69) is 5.32 Å². The molecule has 5 heteroatoms. The zero-order chi connectivity index (χ0) is 12.3. The van der Waals surface area contributed by atoms with Gasteiger partial charge in [0.15, 0.2) is 0 Å². The van der Waals surface area contributed by atoms with Crippen molar-refractivity contribution in [3.8, 4) is 0 Å². The summed E-state index contributed by atoms with van der Waals surface area (Å²) >= 11 is 3.91. The number of hydrogen-bond donors (Lipinski definition) is 1. The highest BCUT2D eigenvalue weighted by molar-refractivity contribution is 14.1. The first-order valence-electron chi connectivity index (χ1n) is 5.50. The lowest BCUT2D eigenvalue weighted by atomic mass is 10.1. The van der Waals surface area contributed by atoms with E-state index in [-0.39, 0.29) is 17.8 Å². The number of halogens is 2. The van der Waals surface area contributed by atoms with E-state index in [4.69, 9.17) is 0 Å². The number of hydrogen-bond acceptors (Lipinski definition) is 2. The van der Waals surface area contributed by atoms with E-state index in [1.54, 1.807) is 6.07 Å². The summed E-state index contributed by atoms with van der Waals surface area (Å²) in [5.74, 6) is 1.81. The van der Waals surface area contributed by atoms with Crippen molar-refractivity contribution >= 4 is 40.3 Å². The van der Waals surface area contributed by atoms with Crippen LogP contribution in [0.2, 0.25) is 0 Å². The topological polar surface area (TPSA) is 29.1 Å². The summed E-state index contributed by atoms with van der Waals surface area (Å²) in [6.07, 6.45) is 2.04. The second-order valence-corrected chi connectivity index (χ2v) is 6.37. The Balaban J connectivity index is 2.03. The Morgan fingerprint density at radius 2 is 2.12 bits per heavy atom. The zero-order valence-corrected chi connectivity index (χ0v) is 12.2. The van der Waals surface area contributed by atoms with Gasteiger partial charge < -0.3 is 5.32 Å². The molecule has 1 saturated heterocycles. The maximum absolute atomic E-state index is 12.9. The molecule has 0 radical (unpaired) electrons. The summed E-state index contributed by atoms with van der Waals surface area (Å²) in [4.78, 5) is 12.0. The molecular formula is C12H13FINOS. The molecule has 0 aliphatic carbocycles. The maximum Gasteiger partial charge on any atom is 0.252 e. The fourth-order valence-corrected chi connectivity index (χ4v) is 3.61. The molecule has 1 fully saturated rings. The molecule has 1 N–H and O–H groups in total. The minimum atomic E-state index is -0.306. The van der Waals surface area contributed by atoms with Gasteiger partial charge in [-0.05, 0) is 65.1 Å². The van der Waals surface area contributed by atoms with E-state index >= 15 is 0 Å². The molecule has 0 atom stereocenters. The van der Waals surface area contributed by atoms with Crippen LogP contribution in [0.15, 0.2) is 18.2 Å². The number of nitrogens with one attached hydrogen (secondary N) is 1. The Kier molecular flexibility index (Phi) is 4.67. The minimum Gasteiger partial charge on any atom is -0.349 e. The van der Waals surface area contributed by atoms with Crippen molar-refractivity contribution in [3.05, 3.63) is 33.1 Å². The van der Waals surface area contributed by atoms with Crippen molar-refractivity contribution in [3.63, 3.8) is 0 Å². The molecule has 1 aliphatic heterocycles. The van der Waals surface area contributed by atoms with E-state index in [1.807, 2.05) is 34.4 Å². The maximum atomic E-state index is 12.9. The number of rotatable bonds is 2. The van der Waals surface area contributed by atoms with Crippen molar-refractivity contribution in [1.82, 2.24) is 5.32 Å². The third-order valence-electron chi connectivity index (χ3n) is 2.73. The summed E-state index contributed by atoms with van der Waals surface area (Å²) < 4.78 is 13.6. The van der Waals surface area contributed by atoms with Gasteiger partial charge in [-0.2, -0.15) is 11.8 Å². The van der Waals surface area contributed by atoms with Crippen LogP contribution in [0.1, 0.15) is 23.2 Å². The first kappa shape index (κ1) is 13.1. The number of carbonyl (C=O) groups is 1. The van der Waals surface area contributed by atoms with Crippen LogP contribution >= 0.6 is 34.4 Å². The average molecular weight is 365 g/mol. The third-order valence-corrected chi connectivity index (χ3v) is 4.67. The average Bonchev–Trinajstić information content (AvgIpc) is 2.30. The van der Waals surface area contributed by atoms with Crippen molar-refractivity contribution < 1.29 is 9.18 Å². The zero-order valence-electron chi connectivity index (χ0n) is 9.21. The lowest BCUT2D eigenvalue weighted by molar-refractivity contribution is 0.0934. The molecule has 1 aliphatic rings. The van der Waals surface area contributed by atoms with Crippen molar-refractivity contribution in [1.29, 1.82) is 0 Å². The van der Waals surface area contributed by atoms with Crippen LogP contribution in [0.25, 0.3) is 0 Å². The molecular weight excluding hydrogens is 352 g/mol. The Hall–Kier alpha value is -0.300. The first-order valence-corrected chi connectivity index (χ1v) is 7.74. The highest BCUT2D eigenvalue weighted by atomic mass is 127. The number of carbonyl (C=O) groups excluding carboxylic acids is 1. The van der Waals surface area contributed by atoms with Gasteiger partial charge in [-0.1, -0.05) is 0 Å². The summed E-state index contributed by atoms with van der Waals surface area (Å²) in [5, 5.41) is 3.02. The van der Waals surface area contributed by atoms with Gasteiger partial charge in [-0.15, -0.1) is 0 Å². The lowest BCUT2D eigenvalue weighted by Crippen LogP contribution is -2.37. The van der Waals surface area contributed by atoms with Gasteiger partial charge in [0.2, 0.25) is 0 Å². The normalized spacial score (nSPS) is 16.8. The van der Waals surface area contributed by atoms with Crippen LogP contribution in [0.4, 0.5) is 4.39 Å². The molecule has 0 saturated carbocycles. The molecule has 1 aromatic rings. The van der Waals surface area contributed by atoms with Gasteiger partial charge >= 0.3 is 0 Å². The van der Waals surface area contributed by atoms with Crippen molar-refractivity contribution in [2.24, 2.45) is 0 Å². The summed E-state index contributed by atoms with van der Waals surface area (Å²) in [6.45, 7) is 0. The SMILES string of the molecule is O=C(NC1CCSCC1)c1ccc(F)cc1I. The molecule has 1 aromatic carbocycles. The predicted molar refractivity (Wildman–Crippen MR) is 76.9 cm³/mol. The van der Waals surface area contributed by atoms with E-state index < -0.39 is 0 Å². The van der Waals surface area contributed by atoms with Crippen LogP contribution in [-0.2, 0) is 0 Å². The Morgan fingerprint density at radius 1 is 1.41 bits per heavy atom. The molecule has 0 unspecified atom stereocenters. The Bertz CT molecular complexity index is 421. The van der Waals surface area contributed by atoms with E-state index in [0.717, 1.165) is 24.3 Å². The van der Waals surface area contributed by atoms with Crippen molar-refractivity contribution in [2.45, 2.75) is 18.9 Å². The largest absolute Gasteiger partial charge is 0.349 e. The molecule has 2 nitrogen and oxygen atoms in total. The Morgan fingerprint density at radius 3 is 2.76 bits per heavy atom. The molecule has 1 amide bonds. The fourth-order valence-electron chi connectivity index (χ4n) is 1.78. The van der Waals surface area contributed by atoms with E-state index in [9.17, 15) is 9.18 Å². The number of amides is 1. The lowest BCUT2D eigenvalue weighted by Gasteiger charge is -2.22. The summed E-state index contributed by atoms with van der Waals surface area (Å²) in [5.41, 5.74) is 0.560. The van der Waals surface area contributed by atoms with Crippen LogP contribution in [0, 0.1) is 9.39 Å².